The zero-order chi connectivity index (χ0) is 13.3. The Labute approximate surface area is 109 Å². The number of ether oxygens (including phenoxy) is 1. The molecule has 2 N–H and O–H groups in total. The first-order chi connectivity index (χ1) is 8.76. The van der Waals surface area contributed by atoms with E-state index in [1.165, 1.54) is 0 Å². The minimum absolute atomic E-state index is 0.00448. The molecule has 3 heteroatoms. The zero-order valence-corrected chi connectivity index (χ0v) is 11.1. The molecule has 18 heavy (non-hydrogen) atoms. The summed E-state index contributed by atoms with van der Waals surface area (Å²) in [7, 11) is 0. The Morgan fingerprint density at radius 3 is 2.33 bits per heavy atom. The summed E-state index contributed by atoms with van der Waals surface area (Å²) >= 11 is 0. The lowest BCUT2D eigenvalue weighted by molar-refractivity contribution is 0.0362. The van der Waals surface area contributed by atoms with Crippen molar-refractivity contribution in [2.24, 2.45) is 5.41 Å². The quantitative estimate of drug-likeness (QED) is 0.661. The molecule has 102 valence electrons. The van der Waals surface area contributed by atoms with Gasteiger partial charge >= 0.3 is 0 Å². The Morgan fingerprint density at radius 2 is 1.78 bits per heavy atom. The highest BCUT2D eigenvalue weighted by Gasteiger charge is 2.28. The van der Waals surface area contributed by atoms with Crippen LogP contribution in [0.5, 0.6) is 0 Å². The molecule has 0 bridgehead atoms. The van der Waals surface area contributed by atoms with Gasteiger partial charge < -0.3 is 14.9 Å². The summed E-state index contributed by atoms with van der Waals surface area (Å²) in [6.07, 6.45) is 2.34. The van der Waals surface area contributed by atoms with Crippen molar-refractivity contribution in [3.63, 3.8) is 0 Å². The van der Waals surface area contributed by atoms with Crippen molar-refractivity contribution in [2.45, 2.75) is 26.2 Å². The molecule has 0 aliphatic heterocycles. The fraction of sp³-hybridized carbons (Fsp3) is 0.600. The van der Waals surface area contributed by atoms with E-state index < -0.39 is 5.41 Å². The Hall–Kier alpha value is -0.900. The van der Waals surface area contributed by atoms with Gasteiger partial charge in [-0.2, -0.15) is 0 Å². The van der Waals surface area contributed by atoms with Gasteiger partial charge in [0.1, 0.15) is 0 Å². The largest absolute Gasteiger partial charge is 0.396 e. The van der Waals surface area contributed by atoms with Crippen LogP contribution in [0.15, 0.2) is 30.3 Å². The highest BCUT2D eigenvalue weighted by atomic mass is 16.5. The second-order valence-electron chi connectivity index (χ2n) is 4.78. The van der Waals surface area contributed by atoms with Crippen LogP contribution >= 0.6 is 0 Å². The van der Waals surface area contributed by atoms with Crippen LogP contribution in [0.25, 0.3) is 0 Å². The predicted octanol–water partition coefficient (Wildman–Crippen LogP) is 2.02. The van der Waals surface area contributed by atoms with Crippen molar-refractivity contribution < 1.29 is 14.9 Å². The molecule has 1 aromatic carbocycles. The number of hydrogen-bond acceptors (Lipinski definition) is 3. The lowest BCUT2D eigenvalue weighted by atomic mass is 9.79. The molecule has 1 aromatic rings. The molecule has 0 aromatic heterocycles. The van der Waals surface area contributed by atoms with Crippen molar-refractivity contribution in [2.75, 3.05) is 26.4 Å². The lowest BCUT2D eigenvalue weighted by Crippen LogP contribution is -2.32. The number of hydrogen-bond donors (Lipinski definition) is 2. The molecule has 0 aliphatic carbocycles. The van der Waals surface area contributed by atoms with Crippen LogP contribution in [-0.4, -0.2) is 36.6 Å². The molecule has 0 radical (unpaired) electrons. The maximum atomic E-state index is 9.59. The average molecular weight is 252 g/mol. The Bertz CT molecular complexity index is 307. The smallest absolute Gasteiger partial charge is 0.0512 e. The average Bonchev–Trinajstić information content (AvgIpc) is 2.43. The van der Waals surface area contributed by atoms with E-state index in [-0.39, 0.29) is 13.2 Å². The lowest BCUT2D eigenvalue weighted by Gasteiger charge is -2.30. The van der Waals surface area contributed by atoms with Gasteiger partial charge in [-0.1, -0.05) is 30.3 Å². The van der Waals surface area contributed by atoms with Gasteiger partial charge in [0.05, 0.1) is 13.2 Å². The van der Waals surface area contributed by atoms with Gasteiger partial charge in [0.2, 0.25) is 0 Å². The van der Waals surface area contributed by atoms with E-state index in [2.05, 4.69) is 0 Å². The summed E-state index contributed by atoms with van der Waals surface area (Å²) in [6, 6.07) is 9.99. The molecule has 1 rings (SSSR count). The van der Waals surface area contributed by atoms with Gasteiger partial charge in [0.15, 0.2) is 0 Å². The minimum atomic E-state index is -0.432. The topological polar surface area (TPSA) is 49.7 Å². The van der Waals surface area contributed by atoms with Crippen LogP contribution in [-0.2, 0) is 11.2 Å². The first kappa shape index (κ1) is 15.2. The van der Waals surface area contributed by atoms with Crippen molar-refractivity contribution >= 4 is 0 Å². The molecular weight excluding hydrogens is 228 g/mol. The third kappa shape index (κ3) is 4.77. The summed E-state index contributed by atoms with van der Waals surface area (Å²) in [6.45, 7) is 3.38. The van der Waals surface area contributed by atoms with E-state index in [9.17, 15) is 10.2 Å². The highest BCUT2D eigenvalue weighted by molar-refractivity contribution is 5.16. The molecule has 0 unspecified atom stereocenters. The number of benzene rings is 1. The number of rotatable bonds is 9. The first-order valence-corrected chi connectivity index (χ1v) is 6.60. The Kier molecular flexibility index (Phi) is 6.94. The molecule has 0 atom stereocenters. The van der Waals surface area contributed by atoms with Gasteiger partial charge in [-0.15, -0.1) is 0 Å². The molecule has 0 fully saturated rings. The van der Waals surface area contributed by atoms with Gasteiger partial charge in [-0.3, -0.25) is 0 Å². The third-order valence-electron chi connectivity index (χ3n) is 3.29. The number of aliphatic hydroxyl groups is 2. The van der Waals surface area contributed by atoms with E-state index in [0.29, 0.717) is 19.6 Å². The van der Waals surface area contributed by atoms with Crippen LogP contribution in [0.3, 0.4) is 0 Å². The van der Waals surface area contributed by atoms with Crippen LogP contribution in [0.1, 0.15) is 25.3 Å². The van der Waals surface area contributed by atoms with Crippen LogP contribution in [0.4, 0.5) is 0 Å². The minimum Gasteiger partial charge on any atom is -0.396 e. The SMILES string of the molecule is CCOCCCC(CO)(CO)Cc1ccccc1. The monoisotopic (exact) mass is 252 g/mol. The standard InChI is InChI=1S/C15H24O3/c1-2-18-10-6-9-15(12-16,13-17)11-14-7-4-3-5-8-14/h3-5,7-8,16-17H,2,6,9-13H2,1H3. The molecule has 3 nitrogen and oxygen atoms in total. The van der Waals surface area contributed by atoms with Crippen molar-refractivity contribution in [3.05, 3.63) is 35.9 Å². The van der Waals surface area contributed by atoms with Gasteiger partial charge in [-0.05, 0) is 31.7 Å². The van der Waals surface area contributed by atoms with Crippen LogP contribution in [0, 0.1) is 5.41 Å². The summed E-state index contributed by atoms with van der Waals surface area (Å²) in [5.41, 5.74) is 0.718. The summed E-state index contributed by atoms with van der Waals surface area (Å²) in [5, 5.41) is 19.2. The highest BCUT2D eigenvalue weighted by Crippen LogP contribution is 2.28. The molecular formula is C15H24O3. The third-order valence-corrected chi connectivity index (χ3v) is 3.29. The van der Waals surface area contributed by atoms with Crippen molar-refractivity contribution in [1.29, 1.82) is 0 Å². The first-order valence-electron chi connectivity index (χ1n) is 6.60. The van der Waals surface area contributed by atoms with Gasteiger partial charge in [-0.25, -0.2) is 0 Å². The van der Waals surface area contributed by atoms with Crippen molar-refractivity contribution in [1.82, 2.24) is 0 Å². The summed E-state index contributed by atoms with van der Waals surface area (Å²) in [4.78, 5) is 0. The Morgan fingerprint density at radius 1 is 1.11 bits per heavy atom. The van der Waals surface area contributed by atoms with Crippen molar-refractivity contribution in [3.8, 4) is 0 Å². The second-order valence-corrected chi connectivity index (χ2v) is 4.78. The molecule has 0 saturated heterocycles. The van der Waals surface area contributed by atoms with Crippen LogP contribution < -0.4 is 0 Å². The van der Waals surface area contributed by atoms with Crippen LogP contribution in [0.2, 0.25) is 0 Å². The predicted molar refractivity (Wildman–Crippen MR) is 72.5 cm³/mol. The maximum Gasteiger partial charge on any atom is 0.0512 e. The normalized spacial score (nSPS) is 11.7. The number of aliphatic hydroxyl groups excluding tert-OH is 2. The molecule has 0 aliphatic rings. The fourth-order valence-electron chi connectivity index (χ4n) is 2.13. The van der Waals surface area contributed by atoms with Gasteiger partial charge in [0, 0.05) is 18.6 Å². The van der Waals surface area contributed by atoms with E-state index in [0.717, 1.165) is 18.4 Å². The maximum absolute atomic E-state index is 9.59. The molecule has 0 saturated carbocycles. The van der Waals surface area contributed by atoms with E-state index in [4.69, 9.17) is 4.74 Å². The molecule has 0 spiro atoms. The summed E-state index contributed by atoms with van der Waals surface area (Å²) in [5.74, 6) is 0. The van der Waals surface area contributed by atoms with E-state index in [1.807, 2.05) is 37.3 Å². The molecule has 0 heterocycles. The fourth-order valence-corrected chi connectivity index (χ4v) is 2.13. The van der Waals surface area contributed by atoms with E-state index >= 15 is 0 Å². The zero-order valence-electron chi connectivity index (χ0n) is 11.1. The van der Waals surface area contributed by atoms with E-state index in [1.54, 1.807) is 0 Å². The second kappa shape index (κ2) is 8.25. The summed E-state index contributed by atoms with van der Waals surface area (Å²) < 4.78 is 5.30. The van der Waals surface area contributed by atoms with Gasteiger partial charge in [0.25, 0.3) is 0 Å². The Balaban J connectivity index is 2.56. The molecule has 0 amide bonds.